The van der Waals surface area contributed by atoms with Crippen LogP contribution in [0.1, 0.15) is 20.3 Å². The molecule has 3 nitrogen and oxygen atoms in total. The van der Waals surface area contributed by atoms with E-state index < -0.39 is 11.4 Å². The Labute approximate surface area is 66.6 Å². The molecule has 1 aliphatic rings. The van der Waals surface area contributed by atoms with Crippen molar-refractivity contribution in [1.29, 1.82) is 0 Å². The Morgan fingerprint density at radius 1 is 1.82 bits per heavy atom. The van der Waals surface area contributed by atoms with Gasteiger partial charge in [-0.15, -0.1) is 0 Å². The second-order valence-corrected chi connectivity index (χ2v) is 3.72. The molecule has 0 unspecified atom stereocenters. The van der Waals surface area contributed by atoms with Crippen LogP contribution in [-0.4, -0.2) is 17.6 Å². The Morgan fingerprint density at radius 2 is 2.36 bits per heavy atom. The molecule has 0 heterocycles. The number of carboxylic acid groups (broad SMARTS) is 1. The maximum absolute atomic E-state index is 10.7. The van der Waals surface area contributed by atoms with E-state index in [1.807, 2.05) is 13.8 Å². The fourth-order valence-electron chi connectivity index (χ4n) is 1.78. The van der Waals surface area contributed by atoms with Crippen LogP contribution in [0.5, 0.6) is 0 Å². The number of hydrogen-bond donors (Lipinski definition) is 2. The molecule has 0 amide bonds. The summed E-state index contributed by atoms with van der Waals surface area (Å²) in [6, 6.07) is 0. The highest BCUT2D eigenvalue weighted by Gasteiger charge is 2.60. The predicted octanol–water partition coefficient (Wildman–Crippen LogP) is 0.692. The Balaban J connectivity index is 2.64. The summed E-state index contributed by atoms with van der Waals surface area (Å²) in [5, 5.41) is 8.84. The summed E-state index contributed by atoms with van der Waals surface area (Å²) in [6.45, 7) is 4.38. The van der Waals surface area contributed by atoms with Crippen LogP contribution < -0.4 is 5.73 Å². The molecule has 3 N–H and O–H groups in total. The van der Waals surface area contributed by atoms with Crippen LogP contribution >= 0.6 is 0 Å². The van der Waals surface area contributed by atoms with Gasteiger partial charge < -0.3 is 10.8 Å². The molecular weight excluding hydrogens is 142 g/mol. The molecule has 0 aromatic carbocycles. The predicted molar refractivity (Wildman–Crippen MR) is 42.1 cm³/mol. The molecule has 1 rings (SSSR count). The van der Waals surface area contributed by atoms with Gasteiger partial charge in [0.1, 0.15) is 0 Å². The summed E-state index contributed by atoms with van der Waals surface area (Å²) in [5.74, 6) is 0.0124. The summed E-state index contributed by atoms with van der Waals surface area (Å²) >= 11 is 0. The summed E-state index contributed by atoms with van der Waals surface area (Å²) in [4.78, 5) is 10.7. The van der Waals surface area contributed by atoms with Crippen molar-refractivity contribution in [3.05, 3.63) is 0 Å². The van der Waals surface area contributed by atoms with Crippen molar-refractivity contribution < 1.29 is 9.90 Å². The Morgan fingerprint density at radius 3 is 2.45 bits per heavy atom. The third-order valence-corrected chi connectivity index (χ3v) is 2.73. The molecule has 0 aromatic rings. The molecule has 1 fully saturated rings. The largest absolute Gasteiger partial charge is 0.481 e. The first-order valence-electron chi connectivity index (χ1n) is 3.98. The molecule has 64 valence electrons. The minimum absolute atomic E-state index is 0.283. The lowest BCUT2D eigenvalue weighted by molar-refractivity contribution is -0.143. The molecule has 0 radical (unpaired) electrons. The average Bonchev–Trinajstić information content (AvgIpc) is 2.62. The zero-order valence-corrected chi connectivity index (χ0v) is 7.00. The topological polar surface area (TPSA) is 63.3 Å². The standard InChI is InChI=1S/C8H15NO2/c1-5(2)6-3-8(6,4-9)7(10)11/h5-6H,3-4,9H2,1-2H3,(H,10,11)/t6-,8-/m0/s1. The average molecular weight is 157 g/mol. The molecule has 0 bridgehead atoms. The monoisotopic (exact) mass is 157 g/mol. The zero-order valence-electron chi connectivity index (χ0n) is 7.00. The number of carbonyl (C=O) groups is 1. The van der Waals surface area contributed by atoms with Crippen molar-refractivity contribution in [3.63, 3.8) is 0 Å². The van der Waals surface area contributed by atoms with E-state index >= 15 is 0 Å². The maximum Gasteiger partial charge on any atom is 0.311 e. The SMILES string of the molecule is CC(C)[C@@H]1C[C@@]1(CN)C(=O)O. The molecule has 3 heteroatoms. The van der Waals surface area contributed by atoms with Gasteiger partial charge in [-0.2, -0.15) is 0 Å². The van der Waals surface area contributed by atoms with Crippen LogP contribution in [-0.2, 0) is 4.79 Å². The molecule has 11 heavy (non-hydrogen) atoms. The molecular formula is C8H15NO2. The van der Waals surface area contributed by atoms with Gasteiger partial charge in [-0.1, -0.05) is 13.8 Å². The highest BCUT2D eigenvalue weighted by molar-refractivity contribution is 5.79. The molecule has 1 aliphatic carbocycles. The second-order valence-electron chi connectivity index (χ2n) is 3.72. The van der Waals surface area contributed by atoms with Crippen molar-refractivity contribution >= 4 is 5.97 Å². The molecule has 1 saturated carbocycles. The van der Waals surface area contributed by atoms with Gasteiger partial charge in [-0.25, -0.2) is 0 Å². The number of nitrogens with two attached hydrogens (primary N) is 1. The lowest BCUT2D eigenvalue weighted by Gasteiger charge is -2.10. The third-order valence-electron chi connectivity index (χ3n) is 2.73. The second kappa shape index (κ2) is 2.48. The van der Waals surface area contributed by atoms with E-state index in [-0.39, 0.29) is 6.54 Å². The van der Waals surface area contributed by atoms with Crippen molar-refractivity contribution in [2.75, 3.05) is 6.54 Å². The van der Waals surface area contributed by atoms with Gasteiger partial charge >= 0.3 is 5.97 Å². The smallest absolute Gasteiger partial charge is 0.311 e. The highest BCUT2D eigenvalue weighted by atomic mass is 16.4. The van der Waals surface area contributed by atoms with Gasteiger partial charge in [0, 0.05) is 6.54 Å². The van der Waals surface area contributed by atoms with Gasteiger partial charge in [0.15, 0.2) is 0 Å². The van der Waals surface area contributed by atoms with Crippen LogP contribution in [0.15, 0.2) is 0 Å². The molecule has 0 spiro atoms. The fourth-order valence-corrected chi connectivity index (χ4v) is 1.78. The van der Waals surface area contributed by atoms with Crippen molar-refractivity contribution in [3.8, 4) is 0 Å². The summed E-state index contributed by atoms with van der Waals surface area (Å²) in [5.41, 5.74) is 4.84. The molecule has 0 aliphatic heterocycles. The van der Waals surface area contributed by atoms with Crippen molar-refractivity contribution in [1.82, 2.24) is 0 Å². The van der Waals surface area contributed by atoms with E-state index in [1.165, 1.54) is 0 Å². The zero-order chi connectivity index (χ0) is 8.65. The van der Waals surface area contributed by atoms with Crippen LogP contribution in [0.4, 0.5) is 0 Å². The number of rotatable bonds is 3. The lowest BCUT2D eigenvalue weighted by Crippen LogP contribution is -2.28. The summed E-state index contributed by atoms with van der Waals surface area (Å²) < 4.78 is 0. The minimum Gasteiger partial charge on any atom is -0.481 e. The molecule has 0 saturated heterocycles. The fraction of sp³-hybridized carbons (Fsp3) is 0.875. The van der Waals surface area contributed by atoms with Gasteiger partial charge in [-0.05, 0) is 18.3 Å². The Hall–Kier alpha value is -0.570. The highest BCUT2D eigenvalue weighted by Crippen LogP contribution is 2.55. The van der Waals surface area contributed by atoms with E-state index in [4.69, 9.17) is 10.8 Å². The van der Waals surface area contributed by atoms with Gasteiger partial charge in [0.25, 0.3) is 0 Å². The van der Waals surface area contributed by atoms with Gasteiger partial charge in [-0.3, -0.25) is 4.79 Å². The van der Waals surface area contributed by atoms with Crippen LogP contribution in [0, 0.1) is 17.3 Å². The van der Waals surface area contributed by atoms with E-state index in [9.17, 15) is 4.79 Å². The normalized spacial score (nSPS) is 35.8. The van der Waals surface area contributed by atoms with E-state index in [0.717, 1.165) is 6.42 Å². The number of hydrogen-bond acceptors (Lipinski definition) is 2. The van der Waals surface area contributed by atoms with E-state index in [0.29, 0.717) is 11.8 Å². The first-order chi connectivity index (χ1) is 5.04. The van der Waals surface area contributed by atoms with Crippen LogP contribution in [0.3, 0.4) is 0 Å². The minimum atomic E-state index is -0.723. The van der Waals surface area contributed by atoms with Gasteiger partial charge in [0.2, 0.25) is 0 Å². The first kappa shape index (κ1) is 8.53. The van der Waals surface area contributed by atoms with E-state index in [1.54, 1.807) is 0 Å². The lowest BCUT2D eigenvalue weighted by atomic mass is 9.97. The quantitative estimate of drug-likeness (QED) is 0.633. The van der Waals surface area contributed by atoms with Crippen LogP contribution in [0.2, 0.25) is 0 Å². The van der Waals surface area contributed by atoms with Crippen molar-refractivity contribution in [2.24, 2.45) is 23.0 Å². The number of carboxylic acids is 1. The van der Waals surface area contributed by atoms with E-state index in [2.05, 4.69) is 0 Å². The van der Waals surface area contributed by atoms with Crippen LogP contribution in [0.25, 0.3) is 0 Å². The van der Waals surface area contributed by atoms with Gasteiger partial charge in [0.05, 0.1) is 5.41 Å². The Bertz CT molecular complexity index is 179. The third kappa shape index (κ3) is 1.13. The summed E-state index contributed by atoms with van der Waals surface area (Å²) in [6.07, 6.45) is 0.760. The first-order valence-corrected chi connectivity index (χ1v) is 3.98. The maximum atomic E-state index is 10.7. The molecule has 0 aromatic heterocycles. The Kier molecular flexibility index (Phi) is 1.92. The molecule has 2 atom stereocenters. The van der Waals surface area contributed by atoms with Crippen molar-refractivity contribution in [2.45, 2.75) is 20.3 Å². The number of aliphatic carboxylic acids is 1. The summed E-state index contributed by atoms with van der Waals surface area (Å²) in [7, 11) is 0.